The molecule has 2 aromatic carbocycles. The number of esters is 1. The third-order valence-electron chi connectivity index (χ3n) is 3.65. The highest BCUT2D eigenvalue weighted by molar-refractivity contribution is 5.90. The van der Waals surface area contributed by atoms with E-state index in [9.17, 15) is 4.79 Å². The lowest BCUT2D eigenvalue weighted by Gasteiger charge is -2.06. The summed E-state index contributed by atoms with van der Waals surface area (Å²) in [4.78, 5) is 12.0. The molecule has 3 aromatic rings. The molecule has 0 spiro atoms. The second-order valence-electron chi connectivity index (χ2n) is 5.31. The molecule has 0 radical (unpaired) electrons. The van der Waals surface area contributed by atoms with E-state index in [0.29, 0.717) is 5.56 Å². The van der Waals surface area contributed by atoms with Crippen LogP contribution in [0.3, 0.4) is 0 Å². The number of benzene rings is 2. The van der Waals surface area contributed by atoms with Crippen molar-refractivity contribution in [1.29, 1.82) is 0 Å². The van der Waals surface area contributed by atoms with Crippen LogP contribution in [0, 0.1) is 13.8 Å². The van der Waals surface area contributed by atoms with Gasteiger partial charge in [0.1, 0.15) is 0 Å². The zero-order valence-corrected chi connectivity index (χ0v) is 13.0. The van der Waals surface area contributed by atoms with Crippen LogP contribution in [-0.2, 0) is 0 Å². The summed E-state index contributed by atoms with van der Waals surface area (Å²) < 4.78 is 5.22. The van der Waals surface area contributed by atoms with Crippen LogP contribution < -0.4 is 4.74 Å². The van der Waals surface area contributed by atoms with Gasteiger partial charge in [-0.05, 0) is 49.2 Å². The lowest BCUT2D eigenvalue weighted by molar-refractivity contribution is 0.0726. The van der Waals surface area contributed by atoms with Crippen molar-refractivity contribution >= 4 is 5.97 Å². The molecule has 1 aromatic heterocycles. The summed E-state index contributed by atoms with van der Waals surface area (Å²) >= 11 is 0. The van der Waals surface area contributed by atoms with E-state index in [4.69, 9.17) is 4.74 Å². The first-order valence-corrected chi connectivity index (χ1v) is 7.32. The standard InChI is InChI=1S/C19H16N2O2/c1-13-8-9-16(12-14(13)2)17-10-11-18(21-20-17)23-19(22)15-6-4-3-5-7-15/h3-12H,1-2H3. The van der Waals surface area contributed by atoms with Crippen LogP contribution in [0.1, 0.15) is 21.5 Å². The maximum atomic E-state index is 12.0. The number of carbonyl (C=O) groups is 1. The Labute approximate surface area is 134 Å². The van der Waals surface area contributed by atoms with E-state index in [1.165, 1.54) is 11.1 Å². The minimum atomic E-state index is -0.446. The van der Waals surface area contributed by atoms with Crippen molar-refractivity contribution in [1.82, 2.24) is 10.2 Å². The molecule has 0 unspecified atom stereocenters. The second kappa shape index (κ2) is 6.40. The molecule has 0 N–H and O–H groups in total. The number of rotatable bonds is 3. The van der Waals surface area contributed by atoms with E-state index in [0.717, 1.165) is 11.3 Å². The van der Waals surface area contributed by atoms with Crippen molar-refractivity contribution < 1.29 is 9.53 Å². The fourth-order valence-corrected chi connectivity index (χ4v) is 2.16. The third kappa shape index (κ3) is 3.43. The molecule has 0 aliphatic rings. The summed E-state index contributed by atoms with van der Waals surface area (Å²) in [5.74, 6) is -0.259. The highest BCUT2D eigenvalue weighted by Crippen LogP contribution is 2.21. The Morgan fingerprint density at radius 2 is 1.65 bits per heavy atom. The quantitative estimate of drug-likeness (QED) is 0.687. The molecule has 0 amide bonds. The molecule has 23 heavy (non-hydrogen) atoms. The van der Waals surface area contributed by atoms with Crippen molar-refractivity contribution in [3.63, 3.8) is 0 Å². The maximum absolute atomic E-state index is 12.0. The Balaban J connectivity index is 1.77. The van der Waals surface area contributed by atoms with Gasteiger partial charge in [-0.15, -0.1) is 10.2 Å². The van der Waals surface area contributed by atoms with Gasteiger partial charge in [-0.1, -0.05) is 30.3 Å². The first-order valence-electron chi connectivity index (χ1n) is 7.32. The van der Waals surface area contributed by atoms with Crippen LogP contribution in [0.15, 0.2) is 60.7 Å². The number of aryl methyl sites for hydroxylation is 2. The van der Waals surface area contributed by atoms with Crippen LogP contribution in [-0.4, -0.2) is 16.2 Å². The number of ether oxygens (including phenoxy) is 1. The molecular formula is C19H16N2O2. The van der Waals surface area contributed by atoms with Crippen LogP contribution >= 0.6 is 0 Å². The van der Waals surface area contributed by atoms with Gasteiger partial charge in [-0.2, -0.15) is 0 Å². The Bertz CT molecular complexity index is 828. The number of nitrogens with zero attached hydrogens (tertiary/aromatic N) is 2. The lowest BCUT2D eigenvalue weighted by atomic mass is 10.0. The number of hydrogen-bond acceptors (Lipinski definition) is 4. The fourth-order valence-electron chi connectivity index (χ4n) is 2.16. The number of hydrogen-bond donors (Lipinski definition) is 0. The van der Waals surface area contributed by atoms with Crippen LogP contribution in [0.25, 0.3) is 11.3 Å². The van der Waals surface area contributed by atoms with Crippen LogP contribution in [0.4, 0.5) is 0 Å². The Morgan fingerprint density at radius 3 is 2.30 bits per heavy atom. The summed E-state index contributed by atoms with van der Waals surface area (Å²) in [5.41, 5.74) is 4.64. The molecule has 4 nitrogen and oxygen atoms in total. The summed E-state index contributed by atoms with van der Waals surface area (Å²) in [6.45, 7) is 4.12. The molecule has 0 saturated carbocycles. The summed E-state index contributed by atoms with van der Waals surface area (Å²) in [6, 6.07) is 18.4. The van der Waals surface area contributed by atoms with Crippen molar-refractivity contribution in [3.8, 4) is 17.1 Å². The summed E-state index contributed by atoms with van der Waals surface area (Å²) in [7, 11) is 0. The van der Waals surface area contributed by atoms with Crippen LogP contribution in [0.5, 0.6) is 5.88 Å². The first-order chi connectivity index (χ1) is 11.1. The van der Waals surface area contributed by atoms with Crippen molar-refractivity contribution in [2.75, 3.05) is 0 Å². The topological polar surface area (TPSA) is 52.1 Å². The van der Waals surface area contributed by atoms with Gasteiger partial charge in [0, 0.05) is 11.6 Å². The van der Waals surface area contributed by atoms with E-state index >= 15 is 0 Å². The average molecular weight is 304 g/mol. The molecule has 0 aliphatic carbocycles. The molecule has 0 bridgehead atoms. The van der Waals surface area contributed by atoms with Gasteiger partial charge in [-0.25, -0.2) is 4.79 Å². The Hall–Kier alpha value is -3.01. The van der Waals surface area contributed by atoms with Gasteiger partial charge < -0.3 is 4.74 Å². The van der Waals surface area contributed by atoms with Crippen molar-refractivity contribution in [3.05, 3.63) is 77.4 Å². The van der Waals surface area contributed by atoms with E-state index in [2.05, 4.69) is 36.2 Å². The second-order valence-corrected chi connectivity index (χ2v) is 5.31. The van der Waals surface area contributed by atoms with E-state index in [1.807, 2.05) is 12.1 Å². The molecule has 114 valence electrons. The summed E-state index contributed by atoms with van der Waals surface area (Å²) in [6.07, 6.45) is 0. The zero-order valence-electron chi connectivity index (χ0n) is 13.0. The number of aromatic nitrogens is 2. The normalized spacial score (nSPS) is 10.3. The molecular weight excluding hydrogens is 288 g/mol. The smallest absolute Gasteiger partial charge is 0.344 e. The average Bonchev–Trinajstić information content (AvgIpc) is 2.59. The van der Waals surface area contributed by atoms with Crippen molar-refractivity contribution in [2.24, 2.45) is 0 Å². The van der Waals surface area contributed by atoms with Gasteiger partial charge in [0.25, 0.3) is 0 Å². The fraction of sp³-hybridized carbons (Fsp3) is 0.105. The van der Waals surface area contributed by atoms with Crippen LogP contribution in [0.2, 0.25) is 0 Å². The van der Waals surface area contributed by atoms with Crippen molar-refractivity contribution in [2.45, 2.75) is 13.8 Å². The molecule has 0 saturated heterocycles. The van der Waals surface area contributed by atoms with Gasteiger partial charge in [0.2, 0.25) is 5.88 Å². The molecule has 4 heteroatoms. The van der Waals surface area contributed by atoms with Gasteiger partial charge in [0.15, 0.2) is 0 Å². The Morgan fingerprint density at radius 1 is 0.870 bits per heavy atom. The number of carbonyl (C=O) groups excluding carboxylic acids is 1. The molecule has 0 atom stereocenters. The highest BCUT2D eigenvalue weighted by Gasteiger charge is 2.09. The van der Waals surface area contributed by atoms with Gasteiger partial charge >= 0.3 is 5.97 Å². The molecule has 1 heterocycles. The van der Waals surface area contributed by atoms with Gasteiger partial charge in [-0.3, -0.25) is 0 Å². The molecule has 3 rings (SSSR count). The van der Waals surface area contributed by atoms with E-state index in [-0.39, 0.29) is 5.88 Å². The monoisotopic (exact) mass is 304 g/mol. The first kappa shape index (κ1) is 14.9. The molecule has 0 fully saturated rings. The largest absolute Gasteiger partial charge is 0.402 e. The lowest BCUT2D eigenvalue weighted by Crippen LogP contribution is -2.09. The minimum absolute atomic E-state index is 0.187. The predicted octanol–water partition coefficient (Wildman–Crippen LogP) is 3.98. The van der Waals surface area contributed by atoms with E-state index in [1.54, 1.807) is 36.4 Å². The third-order valence-corrected chi connectivity index (χ3v) is 3.65. The SMILES string of the molecule is Cc1ccc(-c2ccc(OC(=O)c3ccccc3)nn2)cc1C. The van der Waals surface area contributed by atoms with E-state index < -0.39 is 5.97 Å². The maximum Gasteiger partial charge on any atom is 0.344 e. The zero-order chi connectivity index (χ0) is 16.2. The molecule has 0 aliphatic heterocycles. The minimum Gasteiger partial charge on any atom is -0.402 e. The predicted molar refractivity (Wildman–Crippen MR) is 88.3 cm³/mol. The summed E-state index contributed by atoms with van der Waals surface area (Å²) in [5, 5.41) is 8.12. The van der Waals surface area contributed by atoms with Gasteiger partial charge in [0.05, 0.1) is 11.3 Å². The highest BCUT2D eigenvalue weighted by atomic mass is 16.5. The Kier molecular flexibility index (Phi) is 4.15.